The SMILES string of the molecule is Nc1n[nH]c(-c2cccc(F)c2F)c1-c1ccc(Br)cc1. The fourth-order valence-corrected chi connectivity index (χ4v) is 2.42. The molecule has 6 heteroatoms. The van der Waals surface area contributed by atoms with Gasteiger partial charge in [-0.1, -0.05) is 34.1 Å². The van der Waals surface area contributed by atoms with Gasteiger partial charge in [-0.3, -0.25) is 5.10 Å². The predicted octanol–water partition coefficient (Wildman–Crippen LogP) is 4.37. The van der Waals surface area contributed by atoms with Crippen LogP contribution in [-0.2, 0) is 0 Å². The number of nitrogens with two attached hydrogens (primary N) is 1. The third-order valence-electron chi connectivity index (χ3n) is 3.15. The van der Waals surface area contributed by atoms with Crippen molar-refractivity contribution in [2.45, 2.75) is 0 Å². The number of halogens is 3. The molecule has 0 unspecified atom stereocenters. The number of nitrogens with zero attached hydrogens (tertiary/aromatic N) is 1. The Morgan fingerprint density at radius 2 is 1.76 bits per heavy atom. The lowest BCUT2D eigenvalue weighted by atomic mass is 10.0. The lowest BCUT2D eigenvalue weighted by molar-refractivity contribution is 0.511. The summed E-state index contributed by atoms with van der Waals surface area (Å²) in [4.78, 5) is 0. The van der Waals surface area contributed by atoms with E-state index >= 15 is 0 Å². The minimum atomic E-state index is -0.931. The number of benzene rings is 2. The van der Waals surface area contributed by atoms with Gasteiger partial charge < -0.3 is 5.73 Å². The zero-order valence-electron chi connectivity index (χ0n) is 10.7. The van der Waals surface area contributed by atoms with E-state index in [4.69, 9.17) is 5.73 Å². The minimum absolute atomic E-state index is 0.0946. The van der Waals surface area contributed by atoms with Crippen LogP contribution >= 0.6 is 15.9 Å². The van der Waals surface area contributed by atoms with Crippen LogP contribution in [0, 0.1) is 11.6 Å². The molecule has 2 aromatic carbocycles. The maximum Gasteiger partial charge on any atom is 0.168 e. The molecule has 1 heterocycles. The van der Waals surface area contributed by atoms with Gasteiger partial charge in [-0.05, 0) is 29.8 Å². The second-order valence-corrected chi connectivity index (χ2v) is 5.38. The number of hydrogen-bond donors (Lipinski definition) is 2. The largest absolute Gasteiger partial charge is 0.382 e. The molecule has 0 fully saturated rings. The molecule has 0 saturated carbocycles. The summed E-state index contributed by atoms with van der Waals surface area (Å²) in [6.45, 7) is 0. The first kappa shape index (κ1) is 13.8. The van der Waals surface area contributed by atoms with Gasteiger partial charge in [-0.25, -0.2) is 8.78 Å². The highest BCUT2D eigenvalue weighted by molar-refractivity contribution is 9.10. The third-order valence-corrected chi connectivity index (χ3v) is 3.68. The molecule has 1 aromatic heterocycles. The fraction of sp³-hybridized carbons (Fsp3) is 0. The van der Waals surface area contributed by atoms with Crippen molar-refractivity contribution in [2.24, 2.45) is 0 Å². The predicted molar refractivity (Wildman–Crippen MR) is 81.5 cm³/mol. The highest BCUT2D eigenvalue weighted by Gasteiger charge is 2.19. The van der Waals surface area contributed by atoms with Crippen LogP contribution in [0.4, 0.5) is 14.6 Å². The van der Waals surface area contributed by atoms with Gasteiger partial charge in [0.25, 0.3) is 0 Å². The summed E-state index contributed by atoms with van der Waals surface area (Å²) in [5.41, 5.74) is 7.63. The number of rotatable bonds is 2. The molecular formula is C15H10BrF2N3. The van der Waals surface area contributed by atoms with Gasteiger partial charge in [-0.15, -0.1) is 0 Å². The summed E-state index contributed by atoms with van der Waals surface area (Å²) in [6.07, 6.45) is 0. The van der Waals surface area contributed by atoms with Gasteiger partial charge in [-0.2, -0.15) is 5.10 Å². The standard InChI is InChI=1S/C15H10BrF2N3/c16-9-6-4-8(5-7-9)12-14(20-21-15(12)19)10-2-1-3-11(17)13(10)18/h1-7H,(H3,19,20,21). The normalized spacial score (nSPS) is 10.8. The highest BCUT2D eigenvalue weighted by Crippen LogP contribution is 2.36. The molecule has 0 aliphatic heterocycles. The number of nitrogens with one attached hydrogen (secondary N) is 1. The maximum absolute atomic E-state index is 14.0. The van der Waals surface area contributed by atoms with Crippen molar-refractivity contribution in [1.82, 2.24) is 10.2 Å². The summed E-state index contributed by atoms with van der Waals surface area (Å²) in [7, 11) is 0. The minimum Gasteiger partial charge on any atom is -0.382 e. The quantitative estimate of drug-likeness (QED) is 0.721. The van der Waals surface area contributed by atoms with Crippen LogP contribution in [0.3, 0.4) is 0 Å². The smallest absolute Gasteiger partial charge is 0.168 e. The lowest BCUT2D eigenvalue weighted by Crippen LogP contribution is -1.92. The van der Waals surface area contributed by atoms with Crippen LogP contribution < -0.4 is 5.73 Å². The number of aromatic amines is 1. The van der Waals surface area contributed by atoms with Crippen molar-refractivity contribution in [2.75, 3.05) is 5.73 Å². The first-order valence-electron chi connectivity index (χ1n) is 6.12. The van der Waals surface area contributed by atoms with E-state index < -0.39 is 11.6 Å². The van der Waals surface area contributed by atoms with E-state index in [1.54, 1.807) is 0 Å². The monoisotopic (exact) mass is 349 g/mol. The molecular weight excluding hydrogens is 340 g/mol. The molecule has 3 rings (SSSR count). The van der Waals surface area contributed by atoms with E-state index in [0.717, 1.165) is 16.1 Å². The zero-order chi connectivity index (χ0) is 15.0. The van der Waals surface area contributed by atoms with Gasteiger partial charge in [0.1, 0.15) is 0 Å². The van der Waals surface area contributed by atoms with Crippen molar-refractivity contribution >= 4 is 21.7 Å². The summed E-state index contributed by atoms with van der Waals surface area (Å²) in [6, 6.07) is 11.3. The average molecular weight is 350 g/mol. The summed E-state index contributed by atoms with van der Waals surface area (Å²) < 4.78 is 28.3. The van der Waals surface area contributed by atoms with E-state index in [2.05, 4.69) is 26.1 Å². The maximum atomic E-state index is 14.0. The molecule has 0 saturated heterocycles. The molecule has 0 aliphatic rings. The Bertz CT molecular complexity index is 797. The molecule has 0 aliphatic carbocycles. The average Bonchev–Trinajstić information content (AvgIpc) is 2.85. The van der Waals surface area contributed by atoms with Crippen LogP contribution in [0.2, 0.25) is 0 Å². The second kappa shape index (κ2) is 5.29. The van der Waals surface area contributed by atoms with E-state index in [0.29, 0.717) is 11.3 Å². The summed E-state index contributed by atoms with van der Waals surface area (Å²) in [5.74, 6) is -1.61. The Hall–Kier alpha value is -2.21. The Kier molecular flexibility index (Phi) is 3.47. The first-order chi connectivity index (χ1) is 10.1. The Labute approximate surface area is 127 Å². The molecule has 21 heavy (non-hydrogen) atoms. The van der Waals surface area contributed by atoms with Crippen LogP contribution in [0.15, 0.2) is 46.9 Å². The summed E-state index contributed by atoms with van der Waals surface area (Å²) in [5, 5.41) is 6.59. The van der Waals surface area contributed by atoms with E-state index in [-0.39, 0.29) is 11.4 Å². The lowest BCUT2D eigenvalue weighted by Gasteiger charge is -2.06. The molecule has 3 aromatic rings. The molecule has 106 valence electrons. The Balaban J connectivity index is 2.22. The molecule has 3 nitrogen and oxygen atoms in total. The molecule has 0 spiro atoms. The van der Waals surface area contributed by atoms with Crippen molar-refractivity contribution in [1.29, 1.82) is 0 Å². The Morgan fingerprint density at radius 3 is 2.48 bits per heavy atom. The van der Waals surface area contributed by atoms with Gasteiger partial charge >= 0.3 is 0 Å². The zero-order valence-corrected chi connectivity index (χ0v) is 12.3. The van der Waals surface area contributed by atoms with Crippen molar-refractivity contribution < 1.29 is 8.78 Å². The molecule has 0 atom stereocenters. The van der Waals surface area contributed by atoms with Crippen LogP contribution in [-0.4, -0.2) is 10.2 Å². The number of H-pyrrole nitrogens is 1. The third kappa shape index (κ3) is 2.42. The number of aromatic nitrogens is 2. The molecule has 0 bridgehead atoms. The van der Waals surface area contributed by atoms with Gasteiger partial charge in [0.15, 0.2) is 17.5 Å². The molecule has 0 amide bonds. The number of nitrogen functional groups attached to an aromatic ring is 1. The van der Waals surface area contributed by atoms with Crippen LogP contribution in [0.1, 0.15) is 0 Å². The van der Waals surface area contributed by atoms with E-state index in [9.17, 15) is 8.78 Å². The second-order valence-electron chi connectivity index (χ2n) is 4.47. The molecule has 0 radical (unpaired) electrons. The van der Waals surface area contributed by atoms with Crippen LogP contribution in [0.5, 0.6) is 0 Å². The topological polar surface area (TPSA) is 54.7 Å². The van der Waals surface area contributed by atoms with Gasteiger partial charge in [0.2, 0.25) is 0 Å². The first-order valence-corrected chi connectivity index (χ1v) is 6.91. The molecule has 3 N–H and O–H groups in total. The van der Waals surface area contributed by atoms with E-state index in [1.165, 1.54) is 12.1 Å². The van der Waals surface area contributed by atoms with Crippen molar-refractivity contribution in [3.8, 4) is 22.4 Å². The number of anilines is 1. The van der Waals surface area contributed by atoms with Crippen molar-refractivity contribution in [3.63, 3.8) is 0 Å². The summed E-state index contributed by atoms with van der Waals surface area (Å²) >= 11 is 3.35. The highest BCUT2D eigenvalue weighted by atomic mass is 79.9. The Morgan fingerprint density at radius 1 is 1.05 bits per heavy atom. The fourth-order valence-electron chi connectivity index (χ4n) is 2.16. The van der Waals surface area contributed by atoms with Crippen molar-refractivity contribution in [3.05, 3.63) is 58.6 Å². The van der Waals surface area contributed by atoms with E-state index in [1.807, 2.05) is 24.3 Å². The van der Waals surface area contributed by atoms with Crippen LogP contribution in [0.25, 0.3) is 22.4 Å². The van der Waals surface area contributed by atoms with Gasteiger partial charge in [0, 0.05) is 10.0 Å². The number of hydrogen-bond acceptors (Lipinski definition) is 2. The van der Waals surface area contributed by atoms with Gasteiger partial charge in [0.05, 0.1) is 11.3 Å².